The SMILES string of the molecule is CCOC(=O)c1ccc(C2=C(c3ccc(C(=O)OCC)cc3)C(c3ccc(C(=O)OCC)cc3)=C2c2ccc(C(=O)OCC)cc2)cc1.O=C([O][Hg])C(F)(F)F.O=C([O][Hg])C(F)(F)F.O=C([O][Hg])C(F)(F)F.O=C([O][Hg])C(F)(F)F.O=C([O][Hg])C(F)(F)F.[C-]1=CC=CC1.[Co]. The van der Waals surface area contributed by atoms with Crippen molar-refractivity contribution >= 4 is 76.0 Å². The third kappa shape index (κ3) is 33.0. The summed E-state index contributed by atoms with van der Waals surface area (Å²) in [7, 11) is 0. The second-order valence-corrected chi connectivity index (χ2v) is 22.0. The van der Waals surface area contributed by atoms with E-state index in [0.29, 0.717) is 22.3 Å². The Kier molecular flexibility index (Phi) is 43.6. The first-order valence-electron chi connectivity index (χ1n) is 25.2. The third-order valence-electron chi connectivity index (χ3n) is 10.1. The number of hydrogen-bond donors (Lipinski definition) is 0. The van der Waals surface area contributed by atoms with E-state index < -0.39 is 217 Å². The zero-order valence-corrected chi connectivity index (χ0v) is 77.4. The molecular weight excluding hydrogens is 2300 g/mol. The quantitative estimate of drug-likeness (QED) is 0.0421. The topological polar surface area (TPSA) is 237 Å². The summed E-state index contributed by atoms with van der Waals surface area (Å²) in [4.78, 5) is 97.5. The zero-order chi connectivity index (χ0) is 71.7. The molecule has 0 N–H and O–H groups in total. The molecule has 0 heterocycles. The molecule has 4 aromatic carbocycles. The fraction of sp³-hybridized carbons (Fsp3) is 0.255. The van der Waals surface area contributed by atoms with Crippen molar-refractivity contribution in [2.45, 2.75) is 65.0 Å². The summed E-state index contributed by atoms with van der Waals surface area (Å²) in [5.41, 5.74) is 8.75. The molecule has 494 valence electrons. The van der Waals surface area contributed by atoms with E-state index in [-0.39, 0.29) is 43.2 Å². The molecule has 0 aliphatic heterocycles. The number of alkyl halides is 15. The molecule has 18 nitrogen and oxygen atoms in total. The minimum atomic E-state index is -4.80. The fourth-order valence-electron chi connectivity index (χ4n) is 6.29. The Morgan fingerprint density at radius 1 is 0.340 bits per heavy atom. The van der Waals surface area contributed by atoms with E-state index in [1.54, 1.807) is 76.2 Å². The van der Waals surface area contributed by atoms with Gasteiger partial charge in [0.1, 0.15) is 0 Å². The van der Waals surface area contributed by atoms with Gasteiger partial charge in [-0.15, -0.1) is 6.42 Å². The van der Waals surface area contributed by atoms with Crippen LogP contribution in [0.25, 0.3) is 22.3 Å². The van der Waals surface area contributed by atoms with Gasteiger partial charge >= 0.3 is 321 Å². The first-order valence-corrected chi connectivity index (χ1v) is 36.4. The number of carbonyl (C=O) groups is 9. The zero-order valence-electron chi connectivity index (χ0n) is 48.9. The number of esters is 4. The summed E-state index contributed by atoms with van der Waals surface area (Å²) in [6.45, 7) is 8.11. The predicted octanol–water partition coefficient (Wildman–Crippen LogP) is 12.0. The van der Waals surface area contributed by atoms with Gasteiger partial charge in [-0.1, -0.05) is 48.5 Å². The molecule has 0 amide bonds. The van der Waals surface area contributed by atoms with Gasteiger partial charge in [-0.25, -0.2) is 31.3 Å². The molecule has 0 atom stereocenters. The van der Waals surface area contributed by atoms with Crippen molar-refractivity contribution < 1.29 is 291 Å². The number of hydrogen-bond acceptors (Lipinski definition) is 18. The van der Waals surface area contributed by atoms with Crippen LogP contribution in [-0.2, 0) is 206 Å². The molecular formula is C55H41CoF15Hg5O18-. The van der Waals surface area contributed by atoms with Gasteiger partial charge in [0.25, 0.3) is 0 Å². The molecule has 0 fully saturated rings. The average Bonchev–Trinajstić information content (AvgIpc) is 0.783. The maximum atomic E-state index is 12.4. The van der Waals surface area contributed by atoms with Gasteiger partial charge in [0.15, 0.2) is 0 Å². The Hall–Kier alpha value is -4.80. The van der Waals surface area contributed by atoms with Crippen LogP contribution in [0.3, 0.4) is 0 Å². The first kappa shape index (κ1) is 91.3. The number of benzene rings is 4. The molecule has 2 aliphatic rings. The van der Waals surface area contributed by atoms with Crippen LogP contribution in [0.15, 0.2) is 115 Å². The summed E-state index contributed by atoms with van der Waals surface area (Å²) in [6, 6.07) is 28.9. The van der Waals surface area contributed by atoms with E-state index in [1.165, 1.54) is 0 Å². The van der Waals surface area contributed by atoms with Gasteiger partial charge in [0.2, 0.25) is 0 Å². The molecule has 0 spiro atoms. The smallest absolute Gasteiger partial charge is 0 e. The van der Waals surface area contributed by atoms with Crippen molar-refractivity contribution in [1.82, 2.24) is 0 Å². The third-order valence-corrected chi connectivity index (χ3v) is 15.2. The number of ether oxygens (including phenoxy) is 4. The molecule has 6 rings (SSSR count). The van der Waals surface area contributed by atoms with Crippen molar-refractivity contribution in [1.29, 1.82) is 0 Å². The largest absolute Gasteiger partial charge is 0.273 e. The van der Waals surface area contributed by atoms with Crippen LogP contribution < -0.4 is 0 Å². The fourth-order valence-corrected chi connectivity index (χ4v) is 9.47. The van der Waals surface area contributed by atoms with Gasteiger partial charge in [0.05, 0.1) is 48.7 Å². The van der Waals surface area contributed by atoms with Gasteiger partial charge in [-0.05, 0) is 121 Å². The van der Waals surface area contributed by atoms with Crippen molar-refractivity contribution in [3.8, 4) is 0 Å². The molecule has 2 aliphatic carbocycles. The summed E-state index contributed by atoms with van der Waals surface area (Å²) < 4.78 is 204. The van der Waals surface area contributed by atoms with E-state index in [2.05, 4.69) is 25.4 Å². The Labute approximate surface area is 617 Å². The average molecular weight is 2340 g/mol. The Balaban J connectivity index is 0. The van der Waals surface area contributed by atoms with Crippen LogP contribution in [0.2, 0.25) is 0 Å². The summed E-state index contributed by atoms with van der Waals surface area (Å²) in [6.07, 6.45) is -14.0. The maximum absolute atomic E-state index is 12.4. The molecule has 0 unspecified atom stereocenters. The van der Waals surface area contributed by atoms with E-state index in [0.717, 1.165) is 51.0 Å². The van der Waals surface area contributed by atoms with Gasteiger partial charge in [-0.2, -0.15) is 6.08 Å². The summed E-state index contributed by atoms with van der Waals surface area (Å²) >= 11 is -2.86. The van der Waals surface area contributed by atoms with E-state index >= 15 is 0 Å². The summed E-state index contributed by atoms with van der Waals surface area (Å²) in [5.74, 6) is -12.0. The van der Waals surface area contributed by atoms with Crippen molar-refractivity contribution in [2.75, 3.05) is 26.4 Å². The van der Waals surface area contributed by atoms with Gasteiger partial charge in [-0.3, -0.25) is 6.08 Å². The Morgan fingerprint density at radius 3 is 0.596 bits per heavy atom. The van der Waals surface area contributed by atoms with Gasteiger partial charge < -0.3 is 18.9 Å². The van der Waals surface area contributed by atoms with E-state index in [1.807, 2.05) is 60.7 Å². The molecule has 0 saturated carbocycles. The maximum Gasteiger partial charge on any atom is 0 e. The minimum Gasteiger partial charge on any atom is -0.273 e. The number of allylic oxidation sites excluding steroid dienone is 8. The Bertz CT molecular complexity index is 2830. The normalized spacial score (nSPS) is 11.9. The number of rotatable bonds is 12. The van der Waals surface area contributed by atoms with Crippen LogP contribution in [0.1, 0.15) is 97.8 Å². The standard InChI is InChI=1S/C40H36O8.C5H5.5C2HF3O2.Co.5Hg/c1-5-45-37(41)29-17-9-25(10-18-29)33-34(26-11-19-30(20-12-26)38(42)46-6-2)36(28-15-23-32(24-16-28)40(44)48-8-4)35(33)27-13-21-31(22-14-27)39(43)47-7-3;1-2-4-5-3-1;5*3-2(4,5)1(6)7;;;;;;/h9-24H,5-8H2,1-4H3;1-3H,4H2;5*(H,6,7);;;;;;/q;-1;;;;;;;5*+1/p-5. The first-order chi connectivity index (χ1) is 43.2. The van der Waals surface area contributed by atoms with Gasteiger partial charge in [0, 0.05) is 16.8 Å². The molecule has 1 radical (unpaired) electrons. The van der Waals surface area contributed by atoms with Crippen molar-refractivity contribution in [3.63, 3.8) is 0 Å². The molecule has 0 bridgehead atoms. The summed E-state index contributed by atoms with van der Waals surface area (Å²) in [5, 5.41) is 0. The van der Waals surface area contributed by atoms with Crippen LogP contribution in [-0.4, -0.2) is 111 Å². The molecule has 0 saturated heterocycles. The number of halogens is 15. The molecule has 4 aromatic rings. The second kappa shape index (κ2) is 44.9. The predicted molar refractivity (Wildman–Crippen MR) is 266 cm³/mol. The van der Waals surface area contributed by atoms with Crippen LogP contribution in [0.4, 0.5) is 65.9 Å². The van der Waals surface area contributed by atoms with Crippen molar-refractivity contribution in [3.05, 3.63) is 166 Å². The molecule has 39 heteroatoms. The van der Waals surface area contributed by atoms with Crippen LogP contribution >= 0.6 is 0 Å². The molecule has 94 heavy (non-hydrogen) atoms. The van der Waals surface area contributed by atoms with Crippen molar-refractivity contribution in [2.24, 2.45) is 0 Å². The van der Waals surface area contributed by atoms with E-state index in [9.17, 15) is 109 Å². The molecule has 0 aromatic heterocycles. The van der Waals surface area contributed by atoms with E-state index in [4.69, 9.17) is 18.9 Å². The Morgan fingerprint density at radius 2 is 0.511 bits per heavy atom. The van der Waals surface area contributed by atoms with Crippen LogP contribution in [0, 0.1) is 6.08 Å². The monoisotopic (exact) mass is 2340 g/mol. The minimum absolute atomic E-state index is 0. The number of carbonyl (C=O) groups excluding carboxylic acids is 9. The second-order valence-electron chi connectivity index (χ2n) is 16.3. The van der Waals surface area contributed by atoms with Crippen LogP contribution in [0.5, 0.6) is 0 Å².